The molecule has 0 aliphatic carbocycles. The quantitative estimate of drug-likeness (QED) is 0.730. The highest BCUT2D eigenvalue weighted by atomic mass is 16.4. The first-order chi connectivity index (χ1) is 5.77. The van der Waals surface area contributed by atoms with Gasteiger partial charge in [-0.25, -0.2) is 0 Å². The standard InChI is InChI=1S/C8H15N3O/c1-3-4-11(2)8-10-7(5-9)6-12-8/h6H,3-5,9H2,1-2H3. The van der Waals surface area contributed by atoms with Crippen LogP contribution in [0.3, 0.4) is 0 Å². The fourth-order valence-electron chi connectivity index (χ4n) is 0.996. The Morgan fingerprint density at radius 3 is 2.92 bits per heavy atom. The van der Waals surface area contributed by atoms with Crippen molar-refractivity contribution in [1.29, 1.82) is 0 Å². The fraction of sp³-hybridized carbons (Fsp3) is 0.625. The van der Waals surface area contributed by atoms with E-state index in [9.17, 15) is 0 Å². The average molecular weight is 169 g/mol. The normalized spacial score (nSPS) is 10.2. The van der Waals surface area contributed by atoms with Gasteiger partial charge in [0.1, 0.15) is 6.26 Å². The van der Waals surface area contributed by atoms with E-state index in [4.69, 9.17) is 10.2 Å². The Kier molecular flexibility index (Phi) is 3.10. The Morgan fingerprint density at radius 1 is 1.67 bits per heavy atom. The van der Waals surface area contributed by atoms with Crippen molar-refractivity contribution in [2.24, 2.45) is 5.73 Å². The maximum atomic E-state index is 5.40. The first-order valence-corrected chi connectivity index (χ1v) is 4.13. The second-order valence-electron chi connectivity index (χ2n) is 2.75. The van der Waals surface area contributed by atoms with E-state index in [1.54, 1.807) is 6.26 Å². The summed E-state index contributed by atoms with van der Waals surface area (Å²) in [6.45, 7) is 3.50. The van der Waals surface area contributed by atoms with Crippen LogP contribution in [0.4, 0.5) is 6.01 Å². The molecule has 12 heavy (non-hydrogen) atoms. The van der Waals surface area contributed by atoms with E-state index in [0.29, 0.717) is 12.6 Å². The second kappa shape index (κ2) is 4.11. The minimum absolute atomic E-state index is 0.434. The van der Waals surface area contributed by atoms with Crippen molar-refractivity contribution in [2.45, 2.75) is 19.9 Å². The molecule has 0 spiro atoms. The predicted octanol–water partition coefficient (Wildman–Crippen LogP) is 0.979. The van der Waals surface area contributed by atoms with Crippen LogP contribution in [0.5, 0.6) is 0 Å². The number of hydrogen-bond acceptors (Lipinski definition) is 4. The Labute approximate surface area is 72.4 Å². The van der Waals surface area contributed by atoms with Gasteiger partial charge in [0, 0.05) is 20.1 Å². The molecule has 0 saturated heterocycles. The van der Waals surface area contributed by atoms with E-state index in [1.807, 2.05) is 11.9 Å². The van der Waals surface area contributed by atoms with Gasteiger partial charge in [0.05, 0.1) is 5.69 Å². The van der Waals surface area contributed by atoms with Gasteiger partial charge in [0.25, 0.3) is 6.01 Å². The maximum absolute atomic E-state index is 5.40. The van der Waals surface area contributed by atoms with Gasteiger partial charge in [0.2, 0.25) is 0 Å². The van der Waals surface area contributed by atoms with Gasteiger partial charge in [0.15, 0.2) is 0 Å². The van der Waals surface area contributed by atoms with Crippen molar-refractivity contribution in [3.05, 3.63) is 12.0 Å². The van der Waals surface area contributed by atoms with Crippen molar-refractivity contribution >= 4 is 6.01 Å². The third-order valence-corrected chi connectivity index (χ3v) is 1.63. The van der Waals surface area contributed by atoms with E-state index in [1.165, 1.54) is 0 Å². The van der Waals surface area contributed by atoms with Crippen LogP contribution < -0.4 is 10.6 Å². The number of aromatic nitrogens is 1. The molecule has 2 N–H and O–H groups in total. The van der Waals surface area contributed by atoms with Crippen LogP contribution >= 0.6 is 0 Å². The highest BCUT2D eigenvalue weighted by molar-refractivity contribution is 5.24. The number of nitrogens with zero attached hydrogens (tertiary/aromatic N) is 2. The minimum Gasteiger partial charge on any atom is -0.432 e. The minimum atomic E-state index is 0.434. The van der Waals surface area contributed by atoms with E-state index >= 15 is 0 Å². The molecule has 0 amide bonds. The summed E-state index contributed by atoms with van der Waals surface area (Å²) in [5.74, 6) is 0. The van der Waals surface area contributed by atoms with Crippen molar-refractivity contribution in [1.82, 2.24) is 4.98 Å². The molecule has 1 aromatic heterocycles. The fourth-order valence-corrected chi connectivity index (χ4v) is 0.996. The van der Waals surface area contributed by atoms with Crippen LogP contribution in [-0.2, 0) is 6.54 Å². The summed E-state index contributed by atoms with van der Waals surface area (Å²) in [5.41, 5.74) is 6.20. The van der Waals surface area contributed by atoms with E-state index in [0.717, 1.165) is 18.7 Å². The maximum Gasteiger partial charge on any atom is 0.297 e. The van der Waals surface area contributed by atoms with Gasteiger partial charge in [-0.1, -0.05) is 6.92 Å². The lowest BCUT2D eigenvalue weighted by molar-refractivity contribution is 0.543. The summed E-state index contributed by atoms with van der Waals surface area (Å²) >= 11 is 0. The number of nitrogens with two attached hydrogens (primary N) is 1. The highest BCUT2D eigenvalue weighted by Gasteiger charge is 2.06. The van der Waals surface area contributed by atoms with Gasteiger partial charge in [-0.05, 0) is 6.42 Å². The lowest BCUT2D eigenvalue weighted by atomic mass is 10.4. The third-order valence-electron chi connectivity index (χ3n) is 1.63. The molecule has 4 nitrogen and oxygen atoms in total. The SMILES string of the molecule is CCCN(C)c1nc(CN)co1. The zero-order valence-electron chi connectivity index (χ0n) is 7.58. The van der Waals surface area contributed by atoms with Crippen molar-refractivity contribution in [2.75, 3.05) is 18.5 Å². The zero-order valence-corrected chi connectivity index (χ0v) is 7.58. The summed E-state index contributed by atoms with van der Waals surface area (Å²) < 4.78 is 5.20. The monoisotopic (exact) mass is 169 g/mol. The van der Waals surface area contributed by atoms with Crippen LogP contribution in [0.15, 0.2) is 10.7 Å². The Balaban J connectivity index is 2.61. The molecule has 0 fully saturated rings. The number of rotatable bonds is 4. The summed E-state index contributed by atoms with van der Waals surface area (Å²) in [4.78, 5) is 6.15. The van der Waals surface area contributed by atoms with E-state index in [-0.39, 0.29) is 0 Å². The van der Waals surface area contributed by atoms with Crippen LogP contribution in [0.25, 0.3) is 0 Å². The molecule has 1 heterocycles. The smallest absolute Gasteiger partial charge is 0.297 e. The molecule has 1 rings (SSSR count). The van der Waals surface area contributed by atoms with Crippen molar-refractivity contribution in [3.63, 3.8) is 0 Å². The molecule has 0 unspecified atom stereocenters. The molecular formula is C8H15N3O. The molecule has 68 valence electrons. The molecule has 0 bridgehead atoms. The van der Waals surface area contributed by atoms with Crippen molar-refractivity contribution < 1.29 is 4.42 Å². The predicted molar refractivity (Wildman–Crippen MR) is 48.0 cm³/mol. The molecule has 4 heteroatoms. The Hall–Kier alpha value is -1.03. The average Bonchev–Trinajstić information content (AvgIpc) is 2.52. The van der Waals surface area contributed by atoms with E-state index in [2.05, 4.69) is 11.9 Å². The first-order valence-electron chi connectivity index (χ1n) is 4.13. The number of anilines is 1. The molecular weight excluding hydrogens is 154 g/mol. The zero-order chi connectivity index (χ0) is 8.97. The summed E-state index contributed by atoms with van der Waals surface area (Å²) in [6.07, 6.45) is 2.68. The van der Waals surface area contributed by atoms with Gasteiger partial charge < -0.3 is 15.1 Å². The van der Waals surface area contributed by atoms with Crippen LogP contribution in [0.1, 0.15) is 19.0 Å². The van der Waals surface area contributed by atoms with Gasteiger partial charge in [-0.3, -0.25) is 0 Å². The number of oxazole rings is 1. The molecule has 0 radical (unpaired) electrons. The molecule has 0 aliphatic rings. The highest BCUT2D eigenvalue weighted by Crippen LogP contribution is 2.11. The number of hydrogen-bond donors (Lipinski definition) is 1. The Morgan fingerprint density at radius 2 is 2.42 bits per heavy atom. The molecule has 0 aliphatic heterocycles. The molecule has 0 aromatic carbocycles. The molecule has 1 aromatic rings. The third kappa shape index (κ3) is 1.98. The van der Waals surface area contributed by atoms with Crippen LogP contribution in [0, 0.1) is 0 Å². The molecule has 0 atom stereocenters. The van der Waals surface area contributed by atoms with Crippen LogP contribution in [-0.4, -0.2) is 18.6 Å². The largest absolute Gasteiger partial charge is 0.432 e. The lowest BCUT2D eigenvalue weighted by Gasteiger charge is -2.11. The topological polar surface area (TPSA) is 55.3 Å². The van der Waals surface area contributed by atoms with E-state index < -0.39 is 0 Å². The summed E-state index contributed by atoms with van der Waals surface area (Å²) in [5, 5.41) is 0. The summed E-state index contributed by atoms with van der Waals surface area (Å²) in [6, 6.07) is 0.650. The lowest BCUT2D eigenvalue weighted by Crippen LogP contribution is -2.18. The van der Waals surface area contributed by atoms with Crippen molar-refractivity contribution in [3.8, 4) is 0 Å². The first kappa shape index (κ1) is 9.06. The van der Waals surface area contributed by atoms with Crippen LogP contribution in [0.2, 0.25) is 0 Å². The van der Waals surface area contributed by atoms with Gasteiger partial charge >= 0.3 is 0 Å². The van der Waals surface area contributed by atoms with Gasteiger partial charge in [-0.15, -0.1) is 0 Å². The second-order valence-corrected chi connectivity index (χ2v) is 2.75. The molecule has 0 saturated carbocycles. The Bertz CT molecular complexity index is 234. The summed E-state index contributed by atoms with van der Waals surface area (Å²) in [7, 11) is 1.95. The van der Waals surface area contributed by atoms with Gasteiger partial charge in [-0.2, -0.15) is 4.98 Å².